The third-order valence-electron chi connectivity index (χ3n) is 3.65. The zero-order chi connectivity index (χ0) is 16.7. The van der Waals surface area contributed by atoms with Gasteiger partial charge in [-0.25, -0.2) is 0 Å². The second-order valence-electron chi connectivity index (χ2n) is 5.35. The molecule has 4 nitrogen and oxygen atoms in total. The van der Waals surface area contributed by atoms with Gasteiger partial charge in [-0.3, -0.25) is 4.79 Å². The molecule has 1 N–H and O–H groups in total. The molecular weight excluding hydrogens is 290 g/mol. The summed E-state index contributed by atoms with van der Waals surface area (Å²) in [5.74, 6) is 1.44. The zero-order valence-corrected chi connectivity index (χ0v) is 13.8. The van der Waals surface area contributed by atoms with E-state index in [4.69, 9.17) is 9.47 Å². The van der Waals surface area contributed by atoms with E-state index in [2.05, 4.69) is 5.32 Å². The van der Waals surface area contributed by atoms with Crippen molar-refractivity contribution in [1.29, 1.82) is 0 Å². The van der Waals surface area contributed by atoms with Gasteiger partial charge in [0.2, 0.25) is 0 Å². The highest BCUT2D eigenvalue weighted by Crippen LogP contribution is 2.19. The SMILES string of the molecule is CCC(Oc1ccccc1C)C(=O)NCc1ccc(OC)cc1. The van der Waals surface area contributed by atoms with Crippen LogP contribution in [-0.4, -0.2) is 19.1 Å². The molecule has 1 unspecified atom stereocenters. The normalized spacial score (nSPS) is 11.6. The minimum Gasteiger partial charge on any atom is -0.497 e. The number of hydrogen-bond donors (Lipinski definition) is 1. The average molecular weight is 313 g/mol. The van der Waals surface area contributed by atoms with Crippen molar-refractivity contribution in [3.05, 3.63) is 59.7 Å². The van der Waals surface area contributed by atoms with E-state index in [1.807, 2.05) is 62.4 Å². The Morgan fingerprint density at radius 2 is 1.83 bits per heavy atom. The lowest BCUT2D eigenvalue weighted by Crippen LogP contribution is -2.37. The van der Waals surface area contributed by atoms with Gasteiger partial charge in [-0.05, 0) is 42.7 Å². The fourth-order valence-corrected chi connectivity index (χ4v) is 2.21. The first-order valence-corrected chi connectivity index (χ1v) is 7.77. The van der Waals surface area contributed by atoms with Gasteiger partial charge in [0.25, 0.3) is 5.91 Å². The Bertz CT molecular complexity index is 637. The monoisotopic (exact) mass is 313 g/mol. The molecule has 1 atom stereocenters. The Labute approximate surface area is 137 Å². The van der Waals surface area contributed by atoms with Crippen LogP contribution in [0.4, 0.5) is 0 Å². The largest absolute Gasteiger partial charge is 0.497 e. The van der Waals surface area contributed by atoms with Crippen molar-refractivity contribution in [2.45, 2.75) is 32.9 Å². The molecular formula is C19H23NO3. The van der Waals surface area contributed by atoms with Gasteiger partial charge in [-0.1, -0.05) is 37.3 Å². The Hall–Kier alpha value is -2.49. The summed E-state index contributed by atoms with van der Waals surface area (Å²) in [5.41, 5.74) is 2.04. The molecule has 0 spiro atoms. The van der Waals surface area contributed by atoms with Crippen molar-refractivity contribution in [3.63, 3.8) is 0 Å². The second-order valence-corrected chi connectivity index (χ2v) is 5.35. The van der Waals surface area contributed by atoms with E-state index in [0.717, 1.165) is 22.6 Å². The predicted octanol–water partition coefficient (Wildman–Crippen LogP) is 3.48. The van der Waals surface area contributed by atoms with E-state index >= 15 is 0 Å². The molecule has 0 aliphatic rings. The minimum atomic E-state index is -0.491. The highest BCUT2D eigenvalue weighted by Gasteiger charge is 2.18. The molecule has 0 bridgehead atoms. The second kappa shape index (κ2) is 8.22. The lowest BCUT2D eigenvalue weighted by atomic mass is 10.2. The maximum Gasteiger partial charge on any atom is 0.261 e. The first-order valence-electron chi connectivity index (χ1n) is 7.77. The van der Waals surface area contributed by atoms with Gasteiger partial charge >= 0.3 is 0 Å². The van der Waals surface area contributed by atoms with Crippen LogP contribution >= 0.6 is 0 Å². The highest BCUT2D eigenvalue weighted by molar-refractivity contribution is 5.81. The van der Waals surface area contributed by atoms with Gasteiger partial charge in [0.1, 0.15) is 11.5 Å². The summed E-state index contributed by atoms with van der Waals surface area (Å²) in [6.45, 7) is 4.38. The maximum atomic E-state index is 12.3. The van der Waals surface area contributed by atoms with Crippen LogP contribution < -0.4 is 14.8 Å². The Kier molecular flexibility index (Phi) is 6.03. The van der Waals surface area contributed by atoms with E-state index in [-0.39, 0.29) is 5.91 Å². The maximum absolute atomic E-state index is 12.3. The third kappa shape index (κ3) is 4.74. The highest BCUT2D eigenvalue weighted by atomic mass is 16.5. The Balaban J connectivity index is 1.93. The quantitative estimate of drug-likeness (QED) is 0.851. The summed E-state index contributed by atoms with van der Waals surface area (Å²) < 4.78 is 11.0. The summed E-state index contributed by atoms with van der Waals surface area (Å²) in [4.78, 5) is 12.3. The number of benzene rings is 2. The van der Waals surface area contributed by atoms with E-state index in [9.17, 15) is 4.79 Å². The fourth-order valence-electron chi connectivity index (χ4n) is 2.21. The van der Waals surface area contributed by atoms with Crippen LogP contribution in [0.25, 0.3) is 0 Å². The third-order valence-corrected chi connectivity index (χ3v) is 3.65. The fraction of sp³-hybridized carbons (Fsp3) is 0.316. The summed E-state index contributed by atoms with van der Waals surface area (Å²) >= 11 is 0. The van der Waals surface area contributed by atoms with Crippen LogP contribution in [0.1, 0.15) is 24.5 Å². The number of para-hydroxylation sites is 1. The molecule has 0 fully saturated rings. The van der Waals surface area contributed by atoms with Crippen molar-refractivity contribution in [3.8, 4) is 11.5 Å². The molecule has 2 aromatic carbocycles. The average Bonchev–Trinajstić information content (AvgIpc) is 2.59. The molecule has 0 aliphatic carbocycles. The van der Waals surface area contributed by atoms with Crippen LogP contribution in [0.5, 0.6) is 11.5 Å². The molecule has 0 radical (unpaired) electrons. The van der Waals surface area contributed by atoms with Crippen LogP contribution in [-0.2, 0) is 11.3 Å². The number of ether oxygens (including phenoxy) is 2. The molecule has 2 aromatic rings. The first-order chi connectivity index (χ1) is 11.1. The molecule has 1 amide bonds. The van der Waals surface area contributed by atoms with Gasteiger partial charge in [0, 0.05) is 6.54 Å². The van der Waals surface area contributed by atoms with Crippen molar-refractivity contribution in [1.82, 2.24) is 5.32 Å². The van der Waals surface area contributed by atoms with Crippen LogP contribution in [0.15, 0.2) is 48.5 Å². The molecule has 23 heavy (non-hydrogen) atoms. The van der Waals surface area contributed by atoms with Crippen LogP contribution in [0.2, 0.25) is 0 Å². The molecule has 0 aliphatic heterocycles. The van der Waals surface area contributed by atoms with Gasteiger partial charge < -0.3 is 14.8 Å². The van der Waals surface area contributed by atoms with Crippen LogP contribution in [0.3, 0.4) is 0 Å². The topological polar surface area (TPSA) is 47.6 Å². The lowest BCUT2D eigenvalue weighted by Gasteiger charge is -2.18. The van der Waals surface area contributed by atoms with Crippen molar-refractivity contribution < 1.29 is 14.3 Å². The number of nitrogens with one attached hydrogen (secondary N) is 1. The minimum absolute atomic E-state index is 0.105. The molecule has 122 valence electrons. The van der Waals surface area contributed by atoms with Gasteiger partial charge in [0.15, 0.2) is 6.10 Å². The number of hydrogen-bond acceptors (Lipinski definition) is 3. The molecule has 0 saturated heterocycles. The van der Waals surface area contributed by atoms with E-state index in [0.29, 0.717) is 13.0 Å². The summed E-state index contributed by atoms with van der Waals surface area (Å²) in [7, 11) is 1.63. The Morgan fingerprint density at radius 1 is 1.13 bits per heavy atom. The van der Waals surface area contributed by atoms with Gasteiger partial charge in [-0.2, -0.15) is 0 Å². The Morgan fingerprint density at radius 3 is 2.43 bits per heavy atom. The molecule has 0 heterocycles. The van der Waals surface area contributed by atoms with Crippen molar-refractivity contribution in [2.24, 2.45) is 0 Å². The molecule has 4 heteroatoms. The standard InChI is InChI=1S/C19H23NO3/c1-4-17(23-18-8-6-5-7-14(18)2)19(21)20-13-15-9-11-16(22-3)12-10-15/h5-12,17H,4,13H2,1-3H3,(H,20,21). The van der Waals surface area contributed by atoms with E-state index in [1.54, 1.807) is 7.11 Å². The first kappa shape index (κ1) is 16.9. The van der Waals surface area contributed by atoms with Gasteiger partial charge in [0.05, 0.1) is 7.11 Å². The summed E-state index contributed by atoms with van der Waals surface area (Å²) in [6.07, 6.45) is 0.123. The van der Waals surface area contributed by atoms with E-state index in [1.165, 1.54) is 0 Å². The number of aryl methyl sites for hydroxylation is 1. The summed E-state index contributed by atoms with van der Waals surface area (Å²) in [6, 6.07) is 15.3. The lowest BCUT2D eigenvalue weighted by molar-refractivity contribution is -0.128. The van der Waals surface area contributed by atoms with Crippen molar-refractivity contribution in [2.75, 3.05) is 7.11 Å². The van der Waals surface area contributed by atoms with Crippen molar-refractivity contribution >= 4 is 5.91 Å². The number of carbonyl (C=O) groups excluding carboxylic acids is 1. The predicted molar refractivity (Wildman–Crippen MR) is 90.7 cm³/mol. The molecule has 0 aromatic heterocycles. The number of carbonyl (C=O) groups is 1. The van der Waals surface area contributed by atoms with Crippen LogP contribution in [0, 0.1) is 6.92 Å². The van der Waals surface area contributed by atoms with E-state index < -0.39 is 6.10 Å². The summed E-state index contributed by atoms with van der Waals surface area (Å²) in [5, 5.41) is 2.92. The number of rotatable bonds is 7. The zero-order valence-electron chi connectivity index (χ0n) is 13.8. The smallest absolute Gasteiger partial charge is 0.261 e. The van der Waals surface area contributed by atoms with Gasteiger partial charge in [-0.15, -0.1) is 0 Å². The molecule has 2 rings (SSSR count). The number of methoxy groups -OCH3 is 1. The molecule has 0 saturated carbocycles. The number of amides is 1.